The van der Waals surface area contributed by atoms with Crippen molar-refractivity contribution in [1.82, 2.24) is 4.72 Å². The Morgan fingerprint density at radius 1 is 1.17 bits per heavy atom. The van der Waals surface area contributed by atoms with Crippen molar-refractivity contribution >= 4 is 10.0 Å². The van der Waals surface area contributed by atoms with Crippen LogP contribution in [0.3, 0.4) is 0 Å². The van der Waals surface area contributed by atoms with Gasteiger partial charge in [-0.15, -0.1) is 0 Å². The van der Waals surface area contributed by atoms with E-state index in [-0.39, 0.29) is 11.4 Å². The lowest BCUT2D eigenvalue weighted by Crippen LogP contribution is -2.30. The van der Waals surface area contributed by atoms with Gasteiger partial charge in [0.15, 0.2) is 0 Å². The summed E-state index contributed by atoms with van der Waals surface area (Å²) in [6.07, 6.45) is 0.238. The van der Waals surface area contributed by atoms with E-state index in [9.17, 15) is 8.42 Å². The van der Waals surface area contributed by atoms with Crippen LogP contribution in [0, 0.1) is 5.92 Å². The molecule has 1 atom stereocenters. The lowest BCUT2D eigenvalue weighted by Gasteiger charge is -2.09. The standard InChI is InChI=1S/C13H21NO3S/c1-10(2)8-12-4-6-13(7-5-12)18(16,17)14-9-11(3)15/h4-7,10-11,14-15H,8-9H2,1-3H3. The molecular formula is C13H21NO3S. The van der Waals surface area contributed by atoms with Gasteiger partial charge >= 0.3 is 0 Å². The molecule has 0 aliphatic carbocycles. The second kappa shape index (κ2) is 6.31. The summed E-state index contributed by atoms with van der Waals surface area (Å²) in [5, 5.41) is 9.08. The van der Waals surface area contributed by atoms with E-state index >= 15 is 0 Å². The number of aliphatic hydroxyl groups is 1. The molecule has 1 aromatic carbocycles. The molecule has 1 aromatic rings. The van der Waals surface area contributed by atoms with Crippen molar-refractivity contribution in [3.8, 4) is 0 Å². The van der Waals surface area contributed by atoms with E-state index in [1.165, 1.54) is 6.92 Å². The van der Waals surface area contributed by atoms with Crippen LogP contribution in [0.1, 0.15) is 26.3 Å². The summed E-state index contributed by atoms with van der Waals surface area (Å²) in [4.78, 5) is 0.232. The second-order valence-electron chi connectivity index (χ2n) is 4.94. The van der Waals surface area contributed by atoms with Gasteiger partial charge in [0.1, 0.15) is 0 Å². The van der Waals surface area contributed by atoms with Crippen LogP contribution in [0.4, 0.5) is 0 Å². The third-order valence-corrected chi connectivity index (χ3v) is 3.89. The Bertz CT molecular complexity index is 464. The molecule has 0 amide bonds. The highest BCUT2D eigenvalue weighted by molar-refractivity contribution is 7.89. The van der Waals surface area contributed by atoms with Gasteiger partial charge in [-0.1, -0.05) is 26.0 Å². The van der Waals surface area contributed by atoms with E-state index in [2.05, 4.69) is 18.6 Å². The van der Waals surface area contributed by atoms with Crippen molar-refractivity contribution < 1.29 is 13.5 Å². The van der Waals surface area contributed by atoms with Crippen LogP contribution < -0.4 is 4.72 Å². The first-order chi connectivity index (χ1) is 8.31. The summed E-state index contributed by atoms with van der Waals surface area (Å²) in [5.74, 6) is 0.542. The van der Waals surface area contributed by atoms with Gasteiger partial charge in [-0.05, 0) is 37.0 Å². The Hall–Kier alpha value is -0.910. The smallest absolute Gasteiger partial charge is 0.240 e. The van der Waals surface area contributed by atoms with Gasteiger partial charge in [0.2, 0.25) is 10.0 Å². The molecule has 0 bridgehead atoms. The fraction of sp³-hybridized carbons (Fsp3) is 0.538. The van der Waals surface area contributed by atoms with Crippen molar-refractivity contribution in [2.24, 2.45) is 5.92 Å². The van der Waals surface area contributed by atoms with E-state index in [0.29, 0.717) is 5.92 Å². The third kappa shape index (κ3) is 4.76. The largest absolute Gasteiger partial charge is 0.392 e. The normalized spacial score (nSPS) is 13.8. The molecule has 0 radical (unpaired) electrons. The molecule has 0 aliphatic heterocycles. The predicted octanol–water partition coefficient (Wildman–Crippen LogP) is 1.54. The molecule has 1 unspecified atom stereocenters. The number of aliphatic hydroxyl groups excluding tert-OH is 1. The maximum atomic E-state index is 11.8. The summed E-state index contributed by atoms with van der Waals surface area (Å²) in [5.41, 5.74) is 1.12. The SMILES string of the molecule is CC(C)Cc1ccc(S(=O)(=O)NCC(C)O)cc1. The quantitative estimate of drug-likeness (QED) is 0.825. The van der Waals surface area contributed by atoms with Crippen molar-refractivity contribution in [3.63, 3.8) is 0 Å². The highest BCUT2D eigenvalue weighted by Crippen LogP contribution is 2.13. The summed E-state index contributed by atoms with van der Waals surface area (Å²) in [6.45, 7) is 5.80. The van der Waals surface area contributed by atoms with Crippen LogP contribution in [0.25, 0.3) is 0 Å². The Labute approximate surface area is 109 Å². The van der Waals surface area contributed by atoms with Gasteiger partial charge in [-0.25, -0.2) is 13.1 Å². The van der Waals surface area contributed by atoms with E-state index in [4.69, 9.17) is 5.11 Å². The first kappa shape index (κ1) is 15.1. The van der Waals surface area contributed by atoms with E-state index in [0.717, 1.165) is 12.0 Å². The van der Waals surface area contributed by atoms with Crippen LogP contribution in [0.5, 0.6) is 0 Å². The Kier molecular flexibility index (Phi) is 5.31. The highest BCUT2D eigenvalue weighted by Gasteiger charge is 2.14. The molecule has 0 heterocycles. The molecule has 0 aromatic heterocycles. The lowest BCUT2D eigenvalue weighted by molar-refractivity contribution is 0.198. The zero-order valence-corrected chi connectivity index (χ0v) is 11.9. The van der Waals surface area contributed by atoms with Crippen molar-refractivity contribution in [2.45, 2.75) is 38.2 Å². The highest BCUT2D eigenvalue weighted by atomic mass is 32.2. The van der Waals surface area contributed by atoms with Crippen molar-refractivity contribution in [3.05, 3.63) is 29.8 Å². The summed E-state index contributed by atoms with van der Waals surface area (Å²) in [7, 11) is -3.51. The first-order valence-electron chi connectivity index (χ1n) is 6.08. The van der Waals surface area contributed by atoms with Crippen LogP contribution in [-0.2, 0) is 16.4 Å². The predicted molar refractivity (Wildman–Crippen MR) is 71.9 cm³/mol. The fourth-order valence-corrected chi connectivity index (χ4v) is 2.71. The van der Waals surface area contributed by atoms with Gasteiger partial charge in [0, 0.05) is 6.54 Å². The van der Waals surface area contributed by atoms with Crippen molar-refractivity contribution in [2.75, 3.05) is 6.54 Å². The minimum atomic E-state index is -3.51. The number of hydrogen-bond acceptors (Lipinski definition) is 3. The third-order valence-electron chi connectivity index (χ3n) is 2.45. The maximum Gasteiger partial charge on any atom is 0.240 e. The average Bonchev–Trinajstić information content (AvgIpc) is 2.26. The fourth-order valence-electron chi connectivity index (χ4n) is 1.59. The number of hydrogen-bond donors (Lipinski definition) is 2. The van der Waals surface area contributed by atoms with Crippen molar-refractivity contribution in [1.29, 1.82) is 0 Å². The first-order valence-corrected chi connectivity index (χ1v) is 7.56. The van der Waals surface area contributed by atoms with Crippen LogP contribution in [-0.4, -0.2) is 26.2 Å². The number of benzene rings is 1. The molecule has 0 saturated heterocycles. The molecule has 4 nitrogen and oxygen atoms in total. The van der Waals surface area contributed by atoms with E-state index in [1.807, 2.05) is 12.1 Å². The second-order valence-corrected chi connectivity index (χ2v) is 6.71. The van der Waals surface area contributed by atoms with Crippen LogP contribution >= 0.6 is 0 Å². The molecule has 18 heavy (non-hydrogen) atoms. The van der Waals surface area contributed by atoms with Gasteiger partial charge in [0.25, 0.3) is 0 Å². The van der Waals surface area contributed by atoms with Crippen LogP contribution in [0.2, 0.25) is 0 Å². The maximum absolute atomic E-state index is 11.8. The van der Waals surface area contributed by atoms with E-state index < -0.39 is 16.1 Å². The topological polar surface area (TPSA) is 66.4 Å². The molecular weight excluding hydrogens is 250 g/mol. The molecule has 102 valence electrons. The minimum absolute atomic E-state index is 0.0239. The summed E-state index contributed by atoms with van der Waals surface area (Å²) >= 11 is 0. The number of rotatable bonds is 6. The summed E-state index contributed by atoms with van der Waals surface area (Å²) in [6, 6.07) is 6.86. The molecule has 1 rings (SSSR count). The number of nitrogens with one attached hydrogen (secondary N) is 1. The van der Waals surface area contributed by atoms with Gasteiger partial charge in [-0.2, -0.15) is 0 Å². The molecule has 0 saturated carbocycles. The zero-order valence-electron chi connectivity index (χ0n) is 11.1. The van der Waals surface area contributed by atoms with E-state index in [1.54, 1.807) is 12.1 Å². The van der Waals surface area contributed by atoms with Crippen LogP contribution in [0.15, 0.2) is 29.2 Å². The Morgan fingerprint density at radius 3 is 2.17 bits per heavy atom. The van der Waals surface area contributed by atoms with Gasteiger partial charge in [-0.3, -0.25) is 0 Å². The zero-order chi connectivity index (χ0) is 13.8. The number of sulfonamides is 1. The molecule has 2 N–H and O–H groups in total. The lowest BCUT2D eigenvalue weighted by atomic mass is 10.0. The minimum Gasteiger partial charge on any atom is -0.392 e. The van der Waals surface area contributed by atoms with Gasteiger partial charge < -0.3 is 5.11 Å². The molecule has 0 spiro atoms. The average molecular weight is 271 g/mol. The van der Waals surface area contributed by atoms with Gasteiger partial charge in [0.05, 0.1) is 11.0 Å². The molecule has 0 fully saturated rings. The summed E-state index contributed by atoms with van der Waals surface area (Å²) < 4.78 is 26.1. The Morgan fingerprint density at radius 2 is 1.72 bits per heavy atom. The molecule has 5 heteroatoms. The molecule has 0 aliphatic rings. The Balaban J connectivity index is 2.78. The monoisotopic (exact) mass is 271 g/mol.